The van der Waals surface area contributed by atoms with Crippen molar-refractivity contribution in [1.82, 2.24) is 9.97 Å². The second-order valence-electron chi connectivity index (χ2n) is 9.07. The number of rotatable bonds is 2. The van der Waals surface area contributed by atoms with Crippen molar-refractivity contribution >= 4 is 32.3 Å². The number of hydrogen-bond acceptors (Lipinski definition) is 2. The number of aromatic nitrogens is 2. The fourth-order valence-electron chi connectivity index (χ4n) is 5.05. The zero-order valence-electron chi connectivity index (χ0n) is 19.9. The molecule has 0 atom stereocenters. The number of aryl methyl sites for hydroxylation is 2. The van der Waals surface area contributed by atoms with Gasteiger partial charge in [-0.1, -0.05) is 62.4 Å². The first-order valence-electron chi connectivity index (χ1n) is 11.6. The molecule has 0 aliphatic heterocycles. The van der Waals surface area contributed by atoms with E-state index in [1.54, 1.807) is 18.2 Å². The summed E-state index contributed by atoms with van der Waals surface area (Å²) in [4.78, 5) is 8.47. The Morgan fingerprint density at radius 3 is 2.24 bits per heavy atom. The van der Waals surface area contributed by atoms with E-state index >= 15 is 0 Å². The molecule has 0 fully saturated rings. The van der Waals surface area contributed by atoms with Gasteiger partial charge in [0.25, 0.3) is 0 Å². The Bertz CT molecular complexity index is 1790. The Morgan fingerprint density at radius 1 is 0.730 bits per heavy atom. The largest absolute Gasteiger partial charge is 0.433 e. The van der Waals surface area contributed by atoms with Crippen LogP contribution in [0.5, 0.6) is 0 Å². The molecular weight excluding hydrogens is 650 g/mol. The van der Waals surface area contributed by atoms with Crippen LogP contribution < -0.4 is 0 Å². The van der Waals surface area contributed by atoms with Crippen molar-refractivity contribution in [2.24, 2.45) is 0 Å². The summed E-state index contributed by atoms with van der Waals surface area (Å²) in [7, 11) is 0. The molecule has 0 aliphatic rings. The molecule has 0 N–H and O–H groups in total. The molecule has 4 aromatic carbocycles. The van der Waals surface area contributed by atoms with Crippen LogP contribution in [0, 0.1) is 19.9 Å². The Balaban J connectivity index is 0.00000280. The average molecular weight is 670 g/mol. The summed E-state index contributed by atoms with van der Waals surface area (Å²) in [6, 6.07) is 26.2. The molecule has 37 heavy (non-hydrogen) atoms. The fraction of sp³-hybridized carbons (Fsp3) is 0.0968. The van der Waals surface area contributed by atoms with E-state index in [1.165, 1.54) is 12.3 Å². The molecule has 2 heterocycles. The summed E-state index contributed by atoms with van der Waals surface area (Å²) in [6.07, 6.45) is -1.38. The van der Waals surface area contributed by atoms with Gasteiger partial charge in [0.1, 0.15) is 0 Å². The van der Waals surface area contributed by atoms with Gasteiger partial charge in [-0.05, 0) is 50.3 Å². The molecule has 0 saturated carbocycles. The standard InChI is InChI=1S/C31H20F3N2.Ir/c1-18-13-19(2)15-22(14-18)29-26-10-8-20-16-21(7-9-23(20)25(26)11-12-35-29)28-17-36-30(31(32,33)34)27-6-4-3-5-24(27)28;/h3-14,16-17H,1-2H3;/q-1;. The number of alkyl halides is 3. The van der Waals surface area contributed by atoms with Crippen LogP contribution in [-0.4, -0.2) is 9.97 Å². The van der Waals surface area contributed by atoms with Crippen molar-refractivity contribution in [1.29, 1.82) is 0 Å². The summed E-state index contributed by atoms with van der Waals surface area (Å²) in [5.41, 5.74) is 4.67. The number of benzene rings is 4. The first kappa shape index (κ1) is 25.1. The van der Waals surface area contributed by atoms with E-state index in [4.69, 9.17) is 0 Å². The molecule has 0 bridgehead atoms. The topological polar surface area (TPSA) is 25.8 Å². The summed E-state index contributed by atoms with van der Waals surface area (Å²) in [5.74, 6) is 0. The average Bonchev–Trinajstić information content (AvgIpc) is 2.86. The molecule has 0 unspecified atom stereocenters. The monoisotopic (exact) mass is 670 g/mol. The smallest absolute Gasteiger partial charge is 0.304 e. The molecule has 0 aliphatic carbocycles. The van der Waals surface area contributed by atoms with Crippen LogP contribution in [0.2, 0.25) is 0 Å². The maximum absolute atomic E-state index is 13.5. The van der Waals surface area contributed by atoms with E-state index in [2.05, 4.69) is 41.2 Å². The molecular formula is C31H20F3IrN2-. The van der Waals surface area contributed by atoms with Crippen molar-refractivity contribution in [2.45, 2.75) is 20.0 Å². The second kappa shape index (κ2) is 9.37. The second-order valence-corrected chi connectivity index (χ2v) is 9.07. The van der Waals surface area contributed by atoms with Gasteiger partial charge in [0.15, 0.2) is 5.69 Å². The third kappa shape index (κ3) is 4.41. The van der Waals surface area contributed by atoms with E-state index in [-0.39, 0.29) is 25.5 Å². The van der Waals surface area contributed by atoms with E-state index in [9.17, 15) is 13.2 Å². The van der Waals surface area contributed by atoms with Gasteiger partial charge in [0.2, 0.25) is 0 Å². The minimum atomic E-state index is -4.51. The van der Waals surface area contributed by atoms with Gasteiger partial charge in [-0.3, -0.25) is 4.98 Å². The van der Waals surface area contributed by atoms with Gasteiger partial charge in [0.05, 0.1) is 0 Å². The van der Waals surface area contributed by atoms with E-state index < -0.39 is 11.9 Å². The third-order valence-electron chi connectivity index (χ3n) is 6.54. The predicted octanol–water partition coefficient (Wildman–Crippen LogP) is 8.70. The number of hydrogen-bond donors (Lipinski definition) is 0. The molecule has 6 aromatic rings. The minimum Gasteiger partial charge on any atom is -0.304 e. The summed E-state index contributed by atoms with van der Waals surface area (Å²) in [5, 5.41) is 4.75. The zero-order valence-corrected chi connectivity index (χ0v) is 22.3. The number of pyridine rings is 2. The van der Waals surface area contributed by atoms with Gasteiger partial charge in [0, 0.05) is 43.4 Å². The third-order valence-corrected chi connectivity index (χ3v) is 6.54. The van der Waals surface area contributed by atoms with Crippen LogP contribution in [0.15, 0.2) is 85.2 Å². The van der Waals surface area contributed by atoms with Gasteiger partial charge in [-0.25, -0.2) is 0 Å². The van der Waals surface area contributed by atoms with E-state index in [1.807, 2.05) is 43.5 Å². The normalized spacial score (nSPS) is 11.7. The van der Waals surface area contributed by atoms with Gasteiger partial charge < -0.3 is 4.98 Å². The number of fused-ring (bicyclic) bond motifs is 4. The van der Waals surface area contributed by atoms with E-state index in [0.29, 0.717) is 10.9 Å². The molecule has 6 rings (SSSR count). The van der Waals surface area contributed by atoms with Gasteiger partial charge >= 0.3 is 6.18 Å². The molecule has 2 nitrogen and oxygen atoms in total. The van der Waals surface area contributed by atoms with Crippen LogP contribution in [0.4, 0.5) is 13.2 Å². The quantitative estimate of drug-likeness (QED) is 0.136. The van der Waals surface area contributed by atoms with Crippen molar-refractivity contribution in [3.05, 3.63) is 108 Å². The first-order valence-corrected chi connectivity index (χ1v) is 11.6. The van der Waals surface area contributed by atoms with Crippen molar-refractivity contribution < 1.29 is 33.3 Å². The maximum Gasteiger partial charge on any atom is 0.433 e. The molecule has 0 spiro atoms. The number of nitrogens with zero attached hydrogens (tertiary/aromatic N) is 2. The van der Waals surface area contributed by atoms with Gasteiger partial charge in [-0.15, -0.1) is 34.9 Å². The predicted molar refractivity (Wildman–Crippen MR) is 139 cm³/mol. The Morgan fingerprint density at radius 2 is 1.49 bits per heavy atom. The van der Waals surface area contributed by atoms with Crippen LogP contribution in [0.1, 0.15) is 16.8 Å². The van der Waals surface area contributed by atoms with Crippen molar-refractivity contribution in [3.63, 3.8) is 0 Å². The van der Waals surface area contributed by atoms with Crippen molar-refractivity contribution in [2.75, 3.05) is 0 Å². The minimum absolute atomic E-state index is 0. The van der Waals surface area contributed by atoms with Crippen molar-refractivity contribution in [3.8, 4) is 22.4 Å². The van der Waals surface area contributed by atoms with Crippen LogP contribution in [0.3, 0.4) is 0 Å². The number of halogens is 3. The molecule has 0 saturated heterocycles. The van der Waals surface area contributed by atoms with Crippen LogP contribution >= 0.6 is 0 Å². The Labute approximate surface area is 225 Å². The Hall–Kier alpha value is -3.60. The zero-order chi connectivity index (χ0) is 25.0. The summed E-state index contributed by atoms with van der Waals surface area (Å²) in [6.45, 7) is 4.09. The summed E-state index contributed by atoms with van der Waals surface area (Å²) < 4.78 is 40.6. The van der Waals surface area contributed by atoms with E-state index in [0.717, 1.165) is 49.5 Å². The van der Waals surface area contributed by atoms with Crippen LogP contribution in [-0.2, 0) is 26.3 Å². The molecule has 1 radical (unpaired) electrons. The maximum atomic E-state index is 13.5. The fourth-order valence-corrected chi connectivity index (χ4v) is 5.05. The first-order chi connectivity index (χ1) is 17.3. The van der Waals surface area contributed by atoms with Gasteiger partial charge in [-0.2, -0.15) is 13.2 Å². The molecule has 6 heteroatoms. The summed E-state index contributed by atoms with van der Waals surface area (Å²) >= 11 is 0. The SMILES string of the molecule is Cc1[c-]c(-c2nccc3c2ccc2cc(-c4cnc(C(F)(F)F)c5ccccc45)ccc23)cc(C)c1.[Ir]. The van der Waals surface area contributed by atoms with Crippen LogP contribution in [0.25, 0.3) is 54.7 Å². The molecule has 2 aromatic heterocycles. The molecule has 185 valence electrons. The Kier molecular flexibility index (Phi) is 6.35. The molecule has 0 amide bonds.